The molecule has 5 nitrogen and oxygen atoms in total. The Morgan fingerprint density at radius 1 is 1.47 bits per heavy atom. The SMILES string of the molecule is Cc1nc(SCC(=O)NC2CCCC2)sc1C(=O)O. The molecule has 1 amide bonds. The molecule has 7 heteroatoms. The van der Waals surface area contributed by atoms with Gasteiger partial charge in [-0.05, 0) is 19.8 Å². The number of thiazole rings is 1. The number of carbonyl (C=O) groups is 2. The summed E-state index contributed by atoms with van der Waals surface area (Å²) in [4.78, 5) is 27.0. The highest BCUT2D eigenvalue weighted by Gasteiger charge is 2.18. The average Bonchev–Trinajstić information content (AvgIpc) is 2.96. The van der Waals surface area contributed by atoms with Crippen LogP contribution in [0.5, 0.6) is 0 Å². The molecule has 1 saturated carbocycles. The van der Waals surface area contributed by atoms with Gasteiger partial charge < -0.3 is 10.4 Å². The van der Waals surface area contributed by atoms with Crippen LogP contribution in [-0.2, 0) is 4.79 Å². The molecule has 1 aromatic rings. The van der Waals surface area contributed by atoms with Gasteiger partial charge in [0, 0.05) is 6.04 Å². The number of hydrogen-bond donors (Lipinski definition) is 2. The van der Waals surface area contributed by atoms with Crippen LogP contribution < -0.4 is 5.32 Å². The van der Waals surface area contributed by atoms with Crippen molar-refractivity contribution < 1.29 is 14.7 Å². The largest absolute Gasteiger partial charge is 0.477 e. The van der Waals surface area contributed by atoms with Crippen LogP contribution in [0.25, 0.3) is 0 Å². The van der Waals surface area contributed by atoms with E-state index < -0.39 is 5.97 Å². The van der Waals surface area contributed by atoms with Crippen LogP contribution in [0.1, 0.15) is 41.0 Å². The number of nitrogens with zero attached hydrogens (tertiary/aromatic N) is 1. The van der Waals surface area contributed by atoms with E-state index in [-0.39, 0.29) is 10.8 Å². The maximum atomic E-state index is 11.7. The molecule has 1 aromatic heterocycles. The highest BCUT2D eigenvalue weighted by molar-refractivity contribution is 8.01. The molecular formula is C12H16N2O3S2. The standard InChI is InChI=1S/C12H16N2O3S2/c1-7-10(11(16)17)19-12(13-7)18-6-9(15)14-8-4-2-3-5-8/h8H,2-6H2,1H3,(H,14,15)(H,16,17). The zero-order chi connectivity index (χ0) is 13.8. The van der Waals surface area contributed by atoms with Gasteiger partial charge in [-0.1, -0.05) is 24.6 Å². The lowest BCUT2D eigenvalue weighted by Crippen LogP contribution is -2.33. The second-order valence-corrected chi connectivity index (χ2v) is 6.76. The smallest absolute Gasteiger partial charge is 0.347 e. The second kappa shape index (κ2) is 6.38. The molecule has 0 saturated heterocycles. The third kappa shape index (κ3) is 3.94. The monoisotopic (exact) mass is 300 g/mol. The molecule has 1 aliphatic rings. The van der Waals surface area contributed by atoms with E-state index in [0.717, 1.165) is 24.2 Å². The van der Waals surface area contributed by atoms with E-state index in [1.165, 1.54) is 24.6 Å². The Morgan fingerprint density at radius 2 is 2.16 bits per heavy atom. The minimum absolute atomic E-state index is 0.00151. The summed E-state index contributed by atoms with van der Waals surface area (Å²) in [6, 6.07) is 0.320. The second-order valence-electron chi connectivity index (χ2n) is 4.54. The van der Waals surface area contributed by atoms with Crippen LogP contribution in [0.4, 0.5) is 0 Å². The summed E-state index contributed by atoms with van der Waals surface area (Å²) in [5, 5.41) is 11.9. The summed E-state index contributed by atoms with van der Waals surface area (Å²) in [7, 11) is 0. The summed E-state index contributed by atoms with van der Waals surface area (Å²) in [5.74, 6) is -0.665. The number of amides is 1. The van der Waals surface area contributed by atoms with Crippen LogP contribution in [-0.4, -0.2) is 33.8 Å². The summed E-state index contributed by atoms with van der Waals surface area (Å²) < 4.78 is 0.636. The molecule has 19 heavy (non-hydrogen) atoms. The molecule has 0 atom stereocenters. The highest BCUT2D eigenvalue weighted by atomic mass is 32.2. The van der Waals surface area contributed by atoms with Crippen molar-refractivity contribution in [2.75, 3.05) is 5.75 Å². The summed E-state index contributed by atoms with van der Waals surface area (Å²) in [6.07, 6.45) is 4.50. The number of nitrogens with one attached hydrogen (secondary N) is 1. The zero-order valence-electron chi connectivity index (χ0n) is 10.6. The van der Waals surface area contributed by atoms with E-state index in [9.17, 15) is 9.59 Å². The van der Waals surface area contributed by atoms with Crippen molar-refractivity contribution in [1.29, 1.82) is 0 Å². The number of rotatable bonds is 5. The first-order valence-electron chi connectivity index (χ1n) is 6.19. The van der Waals surface area contributed by atoms with Crippen LogP contribution in [0.2, 0.25) is 0 Å². The first-order chi connectivity index (χ1) is 9.06. The molecular weight excluding hydrogens is 284 g/mol. The van der Waals surface area contributed by atoms with Crippen LogP contribution >= 0.6 is 23.1 Å². The van der Waals surface area contributed by atoms with E-state index in [1.807, 2.05) is 0 Å². The Hall–Kier alpha value is -1.08. The Labute approximate surface area is 119 Å². The first kappa shape index (κ1) is 14.3. The van der Waals surface area contributed by atoms with Crippen LogP contribution in [0.3, 0.4) is 0 Å². The van der Waals surface area contributed by atoms with Gasteiger partial charge in [0.05, 0.1) is 11.4 Å². The van der Waals surface area contributed by atoms with Crippen LogP contribution in [0, 0.1) is 6.92 Å². The van der Waals surface area contributed by atoms with Gasteiger partial charge in [-0.15, -0.1) is 11.3 Å². The fourth-order valence-corrected chi connectivity index (χ4v) is 3.94. The fraction of sp³-hybridized carbons (Fsp3) is 0.583. The van der Waals surface area contributed by atoms with Gasteiger partial charge in [0.25, 0.3) is 0 Å². The molecule has 1 aliphatic carbocycles. The molecule has 0 aliphatic heterocycles. The molecule has 0 radical (unpaired) electrons. The third-order valence-corrected chi connectivity index (χ3v) is 5.31. The summed E-state index contributed by atoms with van der Waals surface area (Å²) >= 11 is 2.42. The predicted octanol–water partition coefficient (Wildman–Crippen LogP) is 2.30. The van der Waals surface area contributed by atoms with Gasteiger partial charge >= 0.3 is 5.97 Å². The maximum absolute atomic E-state index is 11.7. The Bertz CT molecular complexity index is 481. The highest BCUT2D eigenvalue weighted by Crippen LogP contribution is 2.27. The Balaban J connectivity index is 1.82. The third-order valence-electron chi connectivity index (χ3n) is 3.02. The van der Waals surface area contributed by atoms with Gasteiger partial charge in [0.2, 0.25) is 5.91 Å². The van der Waals surface area contributed by atoms with Crippen molar-refractivity contribution in [3.05, 3.63) is 10.6 Å². The van der Waals surface area contributed by atoms with Crippen molar-refractivity contribution >= 4 is 35.0 Å². The van der Waals surface area contributed by atoms with Crippen molar-refractivity contribution in [3.63, 3.8) is 0 Å². The average molecular weight is 300 g/mol. The maximum Gasteiger partial charge on any atom is 0.347 e. The van der Waals surface area contributed by atoms with Gasteiger partial charge in [-0.2, -0.15) is 0 Å². The van der Waals surface area contributed by atoms with E-state index in [1.54, 1.807) is 6.92 Å². The number of carboxylic acid groups (broad SMARTS) is 1. The lowest BCUT2D eigenvalue weighted by Gasteiger charge is -2.10. The molecule has 1 heterocycles. The Morgan fingerprint density at radius 3 is 2.74 bits per heavy atom. The van der Waals surface area contributed by atoms with Crippen molar-refractivity contribution in [2.24, 2.45) is 0 Å². The van der Waals surface area contributed by atoms with Crippen molar-refractivity contribution in [2.45, 2.75) is 43.0 Å². The Kier molecular flexibility index (Phi) is 4.81. The van der Waals surface area contributed by atoms with E-state index in [2.05, 4.69) is 10.3 Å². The van der Waals surface area contributed by atoms with Gasteiger partial charge in [-0.3, -0.25) is 4.79 Å². The molecule has 2 N–H and O–H groups in total. The number of aromatic nitrogens is 1. The summed E-state index contributed by atoms with van der Waals surface area (Å²) in [6.45, 7) is 1.67. The van der Waals surface area contributed by atoms with Crippen molar-refractivity contribution in [1.82, 2.24) is 10.3 Å². The number of aryl methyl sites for hydroxylation is 1. The molecule has 0 unspecified atom stereocenters. The molecule has 0 bridgehead atoms. The molecule has 1 fully saturated rings. The van der Waals surface area contributed by atoms with Gasteiger partial charge in [0.1, 0.15) is 4.88 Å². The minimum atomic E-state index is -0.961. The molecule has 104 valence electrons. The molecule has 0 spiro atoms. The zero-order valence-corrected chi connectivity index (χ0v) is 12.3. The van der Waals surface area contributed by atoms with E-state index in [0.29, 0.717) is 21.8 Å². The van der Waals surface area contributed by atoms with Gasteiger partial charge in [-0.25, -0.2) is 9.78 Å². The van der Waals surface area contributed by atoms with Crippen LogP contribution in [0.15, 0.2) is 4.34 Å². The number of carbonyl (C=O) groups excluding carboxylic acids is 1. The number of carboxylic acids is 1. The fourth-order valence-electron chi connectivity index (χ4n) is 2.10. The normalized spacial score (nSPS) is 15.6. The minimum Gasteiger partial charge on any atom is -0.477 e. The lowest BCUT2D eigenvalue weighted by atomic mass is 10.2. The molecule has 2 rings (SSSR count). The van der Waals surface area contributed by atoms with Crippen molar-refractivity contribution in [3.8, 4) is 0 Å². The number of aromatic carboxylic acids is 1. The first-order valence-corrected chi connectivity index (χ1v) is 7.99. The quantitative estimate of drug-likeness (QED) is 0.816. The predicted molar refractivity (Wildman–Crippen MR) is 74.9 cm³/mol. The molecule has 0 aromatic carbocycles. The van der Waals surface area contributed by atoms with Gasteiger partial charge in [0.15, 0.2) is 4.34 Å². The summed E-state index contributed by atoms with van der Waals surface area (Å²) in [5.41, 5.74) is 0.510. The lowest BCUT2D eigenvalue weighted by molar-refractivity contribution is -0.119. The number of thioether (sulfide) groups is 1. The van der Waals surface area contributed by atoms with E-state index in [4.69, 9.17) is 5.11 Å². The van der Waals surface area contributed by atoms with E-state index >= 15 is 0 Å². The topological polar surface area (TPSA) is 79.3 Å². The number of hydrogen-bond acceptors (Lipinski definition) is 5.